The summed E-state index contributed by atoms with van der Waals surface area (Å²) in [6, 6.07) is 9.32. The van der Waals surface area contributed by atoms with E-state index in [1.165, 1.54) is 7.11 Å². The highest BCUT2D eigenvalue weighted by atomic mass is 35.5. The molecule has 1 heterocycles. The van der Waals surface area contributed by atoms with Crippen molar-refractivity contribution >= 4 is 34.3 Å². The lowest BCUT2D eigenvalue weighted by Crippen LogP contribution is -1.88. The summed E-state index contributed by atoms with van der Waals surface area (Å²) in [7, 11) is 1.44. The smallest absolute Gasteiger partial charge is 0.176 e. The first-order valence-electron chi connectivity index (χ1n) is 7.58. The molecule has 25 heavy (non-hydrogen) atoms. The zero-order valence-electron chi connectivity index (χ0n) is 14.0. The molecule has 126 valence electrons. The number of benzene rings is 2. The molecule has 0 amide bonds. The van der Waals surface area contributed by atoms with Gasteiger partial charge in [0.1, 0.15) is 11.9 Å². The molecule has 3 aromatic rings. The van der Waals surface area contributed by atoms with Crippen LogP contribution in [0.4, 0.5) is 0 Å². The number of fused-ring (bicyclic) bond motifs is 1. The first kappa shape index (κ1) is 16.9. The quantitative estimate of drug-likeness (QED) is 0.673. The molecule has 0 fully saturated rings. The zero-order valence-corrected chi connectivity index (χ0v) is 14.8. The number of aromatic hydroxyl groups is 1. The Hall–Kier alpha value is -2.97. The number of imidazole rings is 1. The number of aromatic nitrogens is 2. The summed E-state index contributed by atoms with van der Waals surface area (Å²) in [5, 5.41) is 19.5. The van der Waals surface area contributed by atoms with E-state index in [1.54, 1.807) is 18.2 Å². The Labute approximate surface area is 150 Å². The van der Waals surface area contributed by atoms with Crippen LogP contribution in [0.1, 0.15) is 22.5 Å². The van der Waals surface area contributed by atoms with Gasteiger partial charge in [0, 0.05) is 0 Å². The summed E-state index contributed by atoms with van der Waals surface area (Å²) in [5.41, 5.74) is 4.96. The van der Waals surface area contributed by atoms with Gasteiger partial charge in [0.25, 0.3) is 0 Å². The highest BCUT2D eigenvalue weighted by Crippen LogP contribution is 2.36. The molecule has 0 unspecified atom stereocenters. The number of phenols is 1. The van der Waals surface area contributed by atoms with Crippen molar-refractivity contribution in [1.82, 2.24) is 9.97 Å². The maximum Gasteiger partial charge on any atom is 0.176 e. The standard InChI is InChI=1S/C19H16ClN3O2/c1-10-4-15-16(5-11(10)2)23-19(22-15)13(9-21)6-12-7-14(20)18(24)17(8-12)25-3/h4-8,24H,1-3H3,(H,22,23). The van der Waals surface area contributed by atoms with E-state index in [1.807, 2.05) is 26.0 Å². The summed E-state index contributed by atoms with van der Waals surface area (Å²) in [6.07, 6.45) is 1.64. The number of phenolic OH excluding ortho intramolecular Hbond substituents is 1. The molecule has 3 rings (SSSR count). The molecule has 6 heteroatoms. The van der Waals surface area contributed by atoms with Crippen LogP contribution in [-0.4, -0.2) is 22.2 Å². The molecule has 0 spiro atoms. The fourth-order valence-corrected chi connectivity index (χ4v) is 2.77. The monoisotopic (exact) mass is 353 g/mol. The van der Waals surface area contributed by atoms with Crippen LogP contribution in [-0.2, 0) is 0 Å². The predicted octanol–water partition coefficient (Wildman–Crippen LogP) is 4.61. The van der Waals surface area contributed by atoms with Crippen molar-refractivity contribution in [3.8, 4) is 17.6 Å². The number of H-pyrrole nitrogens is 1. The second kappa shape index (κ2) is 6.50. The molecule has 0 bridgehead atoms. The van der Waals surface area contributed by atoms with Crippen molar-refractivity contribution in [3.63, 3.8) is 0 Å². The number of rotatable bonds is 3. The normalized spacial score (nSPS) is 11.6. The fourth-order valence-electron chi connectivity index (χ4n) is 2.55. The van der Waals surface area contributed by atoms with Gasteiger partial charge in [-0.2, -0.15) is 5.26 Å². The number of nitrogens with one attached hydrogen (secondary N) is 1. The molecule has 0 aliphatic carbocycles. The van der Waals surface area contributed by atoms with Crippen molar-refractivity contribution < 1.29 is 9.84 Å². The van der Waals surface area contributed by atoms with Gasteiger partial charge < -0.3 is 14.8 Å². The van der Waals surface area contributed by atoms with E-state index < -0.39 is 0 Å². The molecule has 0 saturated heterocycles. The molecule has 0 saturated carbocycles. The lowest BCUT2D eigenvalue weighted by Gasteiger charge is -2.06. The third-order valence-electron chi connectivity index (χ3n) is 4.05. The largest absolute Gasteiger partial charge is 0.503 e. The second-order valence-corrected chi connectivity index (χ2v) is 6.17. The summed E-state index contributed by atoms with van der Waals surface area (Å²) in [6.45, 7) is 4.05. The van der Waals surface area contributed by atoms with Gasteiger partial charge in [0.05, 0.1) is 28.7 Å². The molecule has 2 N–H and O–H groups in total. The van der Waals surface area contributed by atoms with E-state index in [4.69, 9.17) is 16.3 Å². The number of allylic oxidation sites excluding steroid dienone is 1. The molecule has 1 aromatic heterocycles. The van der Waals surface area contributed by atoms with Crippen molar-refractivity contribution in [2.45, 2.75) is 13.8 Å². The van der Waals surface area contributed by atoms with Crippen molar-refractivity contribution in [3.05, 3.63) is 51.8 Å². The second-order valence-electron chi connectivity index (χ2n) is 5.76. The van der Waals surface area contributed by atoms with E-state index in [9.17, 15) is 10.4 Å². The van der Waals surface area contributed by atoms with E-state index >= 15 is 0 Å². The molecule has 0 aliphatic rings. The minimum atomic E-state index is -0.130. The Bertz CT molecular complexity index is 1010. The number of ether oxygens (including phenoxy) is 1. The summed E-state index contributed by atoms with van der Waals surface area (Å²) >= 11 is 6.00. The van der Waals surface area contributed by atoms with E-state index in [2.05, 4.69) is 16.0 Å². The molecular formula is C19H16ClN3O2. The zero-order chi connectivity index (χ0) is 18.1. The number of nitriles is 1. The van der Waals surface area contributed by atoms with Gasteiger partial charge in [-0.25, -0.2) is 4.98 Å². The highest BCUT2D eigenvalue weighted by Gasteiger charge is 2.12. The Morgan fingerprint density at radius 3 is 2.68 bits per heavy atom. The molecule has 5 nitrogen and oxygen atoms in total. The first-order valence-corrected chi connectivity index (χ1v) is 7.96. The van der Waals surface area contributed by atoms with Crippen LogP contribution >= 0.6 is 11.6 Å². The SMILES string of the molecule is COc1cc(C=C(C#N)c2nc3cc(C)c(C)cc3[nH]2)cc(Cl)c1O. The van der Waals surface area contributed by atoms with Gasteiger partial charge in [0.2, 0.25) is 0 Å². The highest BCUT2D eigenvalue weighted by molar-refractivity contribution is 6.32. The molecule has 2 aromatic carbocycles. The number of nitrogens with zero attached hydrogens (tertiary/aromatic N) is 2. The third-order valence-corrected chi connectivity index (χ3v) is 4.34. The van der Waals surface area contributed by atoms with Gasteiger partial charge >= 0.3 is 0 Å². The summed E-state index contributed by atoms with van der Waals surface area (Å²) in [4.78, 5) is 7.68. The fraction of sp³-hybridized carbons (Fsp3) is 0.158. The molecule has 0 radical (unpaired) electrons. The third kappa shape index (κ3) is 3.17. The molecular weight excluding hydrogens is 338 g/mol. The van der Waals surface area contributed by atoms with Gasteiger partial charge in [-0.3, -0.25) is 0 Å². The van der Waals surface area contributed by atoms with Crippen LogP contribution in [0.5, 0.6) is 11.5 Å². The van der Waals surface area contributed by atoms with Crippen molar-refractivity contribution in [2.75, 3.05) is 7.11 Å². The van der Waals surface area contributed by atoms with E-state index in [0.717, 1.165) is 22.2 Å². The lowest BCUT2D eigenvalue weighted by molar-refractivity contribution is 0.373. The van der Waals surface area contributed by atoms with Gasteiger partial charge in [-0.05, 0) is 60.9 Å². The first-order chi connectivity index (χ1) is 11.9. The average molecular weight is 354 g/mol. The topological polar surface area (TPSA) is 81.9 Å². The maximum absolute atomic E-state index is 9.82. The van der Waals surface area contributed by atoms with Crippen LogP contribution in [0.3, 0.4) is 0 Å². The van der Waals surface area contributed by atoms with Crippen LogP contribution in [0.15, 0.2) is 24.3 Å². The minimum Gasteiger partial charge on any atom is -0.503 e. The summed E-state index contributed by atoms with van der Waals surface area (Å²) in [5.74, 6) is 0.590. The van der Waals surface area contributed by atoms with E-state index in [0.29, 0.717) is 17.0 Å². The number of aromatic amines is 1. The maximum atomic E-state index is 9.82. The van der Waals surface area contributed by atoms with Crippen LogP contribution < -0.4 is 4.74 Å². The number of halogens is 1. The Balaban J connectivity index is 2.10. The van der Waals surface area contributed by atoms with Gasteiger partial charge in [0.15, 0.2) is 11.5 Å². The Kier molecular flexibility index (Phi) is 4.39. The number of aryl methyl sites for hydroxylation is 2. The lowest BCUT2D eigenvalue weighted by atomic mass is 10.1. The number of hydrogen-bond donors (Lipinski definition) is 2. The predicted molar refractivity (Wildman–Crippen MR) is 98.7 cm³/mol. The molecule has 0 aliphatic heterocycles. The van der Waals surface area contributed by atoms with Crippen LogP contribution in [0, 0.1) is 25.2 Å². The Morgan fingerprint density at radius 1 is 1.28 bits per heavy atom. The van der Waals surface area contributed by atoms with E-state index in [-0.39, 0.29) is 16.5 Å². The van der Waals surface area contributed by atoms with Gasteiger partial charge in [-0.15, -0.1) is 0 Å². The Morgan fingerprint density at radius 2 is 2.00 bits per heavy atom. The van der Waals surface area contributed by atoms with Crippen molar-refractivity contribution in [2.24, 2.45) is 0 Å². The number of hydrogen-bond acceptors (Lipinski definition) is 4. The van der Waals surface area contributed by atoms with Crippen molar-refractivity contribution in [1.29, 1.82) is 5.26 Å². The average Bonchev–Trinajstić information content (AvgIpc) is 2.98. The van der Waals surface area contributed by atoms with Gasteiger partial charge in [-0.1, -0.05) is 11.6 Å². The number of methoxy groups -OCH3 is 1. The molecule has 0 atom stereocenters. The minimum absolute atomic E-state index is 0.130. The van der Waals surface area contributed by atoms with Crippen LogP contribution in [0.2, 0.25) is 5.02 Å². The van der Waals surface area contributed by atoms with Crippen LogP contribution in [0.25, 0.3) is 22.7 Å². The summed E-state index contributed by atoms with van der Waals surface area (Å²) < 4.78 is 5.09.